The molecule has 1 aliphatic heterocycles. The summed E-state index contributed by atoms with van der Waals surface area (Å²) in [5.41, 5.74) is 4.61. The van der Waals surface area contributed by atoms with Gasteiger partial charge in [-0.1, -0.05) is 23.8 Å². The Bertz CT molecular complexity index is 343. The van der Waals surface area contributed by atoms with Crippen LogP contribution in [0.5, 0.6) is 0 Å². The molecule has 13 heavy (non-hydrogen) atoms. The lowest BCUT2D eigenvalue weighted by atomic mass is 9.97. The van der Waals surface area contributed by atoms with Crippen LogP contribution in [0.25, 0.3) is 0 Å². The summed E-state index contributed by atoms with van der Waals surface area (Å²) < 4.78 is 0. The standard InChI is InChI=1S/C12H15N/c1-8-2-3-9-7-12-10(4-5-13-12)11(9)6-8/h2-3,6,10,12-13H,4-5,7H2,1H3. The molecule has 1 heterocycles. The van der Waals surface area contributed by atoms with E-state index >= 15 is 0 Å². The molecule has 1 aromatic rings. The molecule has 0 radical (unpaired) electrons. The van der Waals surface area contributed by atoms with Crippen LogP contribution in [0.2, 0.25) is 0 Å². The van der Waals surface area contributed by atoms with E-state index < -0.39 is 0 Å². The molecule has 1 saturated heterocycles. The summed E-state index contributed by atoms with van der Waals surface area (Å²) in [4.78, 5) is 0. The van der Waals surface area contributed by atoms with Gasteiger partial charge in [0, 0.05) is 12.0 Å². The predicted octanol–water partition coefficient (Wildman–Crippen LogP) is 2.00. The second-order valence-electron chi connectivity index (χ2n) is 4.36. The quantitative estimate of drug-likeness (QED) is 0.632. The lowest BCUT2D eigenvalue weighted by molar-refractivity contribution is 0.589. The molecule has 1 heteroatoms. The van der Waals surface area contributed by atoms with E-state index in [4.69, 9.17) is 0 Å². The number of hydrogen-bond acceptors (Lipinski definition) is 1. The van der Waals surface area contributed by atoms with Gasteiger partial charge in [0.25, 0.3) is 0 Å². The van der Waals surface area contributed by atoms with Crippen molar-refractivity contribution in [3.05, 3.63) is 34.9 Å². The van der Waals surface area contributed by atoms with Gasteiger partial charge in [-0.2, -0.15) is 0 Å². The van der Waals surface area contributed by atoms with E-state index in [0.717, 1.165) is 12.0 Å². The van der Waals surface area contributed by atoms with E-state index in [2.05, 4.69) is 30.4 Å². The largest absolute Gasteiger partial charge is 0.313 e. The Balaban J connectivity index is 2.09. The Morgan fingerprint density at radius 3 is 3.23 bits per heavy atom. The maximum atomic E-state index is 3.58. The van der Waals surface area contributed by atoms with Crippen molar-refractivity contribution in [3.63, 3.8) is 0 Å². The van der Waals surface area contributed by atoms with E-state index in [0.29, 0.717) is 0 Å². The van der Waals surface area contributed by atoms with Gasteiger partial charge in [-0.25, -0.2) is 0 Å². The first kappa shape index (κ1) is 7.57. The minimum Gasteiger partial charge on any atom is -0.313 e. The fourth-order valence-corrected chi connectivity index (χ4v) is 2.84. The third-order valence-electron chi connectivity index (χ3n) is 3.49. The van der Waals surface area contributed by atoms with Crippen LogP contribution < -0.4 is 5.32 Å². The average Bonchev–Trinajstić information content (AvgIpc) is 2.64. The van der Waals surface area contributed by atoms with Crippen molar-refractivity contribution in [3.8, 4) is 0 Å². The summed E-state index contributed by atoms with van der Waals surface area (Å²) in [5, 5.41) is 3.58. The number of aryl methyl sites for hydroxylation is 1. The predicted molar refractivity (Wildman–Crippen MR) is 54.0 cm³/mol. The second kappa shape index (κ2) is 2.58. The van der Waals surface area contributed by atoms with E-state index in [9.17, 15) is 0 Å². The molecule has 68 valence electrons. The zero-order valence-electron chi connectivity index (χ0n) is 8.01. The molecule has 0 saturated carbocycles. The van der Waals surface area contributed by atoms with Crippen LogP contribution in [0.4, 0.5) is 0 Å². The molecular formula is C12H15N. The van der Waals surface area contributed by atoms with Crippen molar-refractivity contribution in [1.82, 2.24) is 5.32 Å². The first-order valence-corrected chi connectivity index (χ1v) is 5.17. The molecular weight excluding hydrogens is 158 g/mol. The highest BCUT2D eigenvalue weighted by molar-refractivity contribution is 5.41. The molecule has 1 fully saturated rings. The van der Waals surface area contributed by atoms with Crippen LogP contribution in [-0.4, -0.2) is 12.6 Å². The number of rotatable bonds is 0. The van der Waals surface area contributed by atoms with Crippen molar-refractivity contribution < 1.29 is 0 Å². The molecule has 0 amide bonds. The van der Waals surface area contributed by atoms with Crippen molar-refractivity contribution >= 4 is 0 Å². The average molecular weight is 173 g/mol. The van der Waals surface area contributed by atoms with Crippen molar-refractivity contribution in [2.45, 2.75) is 31.7 Å². The molecule has 2 unspecified atom stereocenters. The van der Waals surface area contributed by atoms with Gasteiger partial charge in [0.1, 0.15) is 0 Å². The number of hydrogen-bond donors (Lipinski definition) is 1. The van der Waals surface area contributed by atoms with Crippen molar-refractivity contribution in [2.24, 2.45) is 0 Å². The fourth-order valence-electron chi connectivity index (χ4n) is 2.84. The van der Waals surface area contributed by atoms with E-state index in [1.165, 1.54) is 24.9 Å². The second-order valence-corrected chi connectivity index (χ2v) is 4.36. The van der Waals surface area contributed by atoms with Gasteiger partial charge in [0.15, 0.2) is 0 Å². The summed E-state index contributed by atoms with van der Waals surface area (Å²) >= 11 is 0. The number of nitrogens with one attached hydrogen (secondary N) is 1. The Morgan fingerprint density at radius 1 is 1.38 bits per heavy atom. The van der Waals surface area contributed by atoms with Crippen LogP contribution in [-0.2, 0) is 6.42 Å². The summed E-state index contributed by atoms with van der Waals surface area (Å²) in [6.45, 7) is 3.40. The summed E-state index contributed by atoms with van der Waals surface area (Å²) in [7, 11) is 0. The molecule has 2 aliphatic rings. The van der Waals surface area contributed by atoms with Crippen LogP contribution in [0.15, 0.2) is 18.2 Å². The lowest BCUT2D eigenvalue weighted by Gasteiger charge is -2.08. The normalized spacial score (nSPS) is 30.2. The van der Waals surface area contributed by atoms with Crippen LogP contribution in [0, 0.1) is 6.92 Å². The molecule has 0 bridgehead atoms. The highest BCUT2D eigenvalue weighted by atomic mass is 15.0. The maximum absolute atomic E-state index is 3.58. The van der Waals surface area contributed by atoms with Gasteiger partial charge in [0.05, 0.1) is 0 Å². The number of benzene rings is 1. The molecule has 0 spiro atoms. The zero-order chi connectivity index (χ0) is 8.84. The first-order valence-electron chi connectivity index (χ1n) is 5.17. The Hall–Kier alpha value is -0.820. The van der Waals surface area contributed by atoms with Gasteiger partial charge in [0.2, 0.25) is 0 Å². The molecule has 1 aliphatic carbocycles. The van der Waals surface area contributed by atoms with Crippen LogP contribution >= 0.6 is 0 Å². The Labute approximate surface area is 79.2 Å². The first-order chi connectivity index (χ1) is 6.34. The third-order valence-corrected chi connectivity index (χ3v) is 3.49. The monoisotopic (exact) mass is 173 g/mol. The summed E-state index contributed by atoms with van der Waals surface area (Å²) in [5.74, 6) is 0.815. The van der Waals surface area contributed by atoms with Crippen molar-refractivity contribution in [1.29, 1.82) is 0 Å². The molecule has 3 rings (SSSR count). The lowest BCUT2D eigenvalue weighted by Crippen LogP contribution is -2.23. The van der Waals surface area contributed by atoms with E-state index in [1.54, 1.807) is 11.1 Å². The Morgan fingerprint density at radius 2 is 2.31 bits per heavy atom. The number of fused-ring (bicyclic) bond motifs is 3. The maximum Gasteiger partial charge on any atom is 0.0177 e. The van der Waals surface area contributed by atoms with E-state index in [1.807, 2.05) is 0 Å². The van der Waals surface area contributed by atoms with Gasteiger partial charge in [-0.15, -0.1) is 0 Å². The topological polar surface area (TPSA) is 12.0 Å². The van der Waals surface area contributed by atoms with Crippen LogP contribution in [0.1, 0.15) is 29.0 Å². The molecule has 1 nitrogen and oxygen atoms in total. The molecule has 1 N–H and O–H groups in total. The highest BCUT2D eigenvalue weighted by Crippen LogP contribution is 2.38. The third kappa shape index (κ3) is 1.03. The molecule has 2 atom stereocenters. The molecule has 0 aromatic heterocycles. The fraction of sp³-hybridized carbons (Fsp3) is 0.500. The van der Waals surface area contributed by atoms with Crippen molar-refractivity contribution in [2.75, 3.05) is 6.54 Å². The smallest absolute Gasteiger partial charge is 0.0177 e. The van der Waals surface area contributed by atoms with E-state index in [-0.39, 0.29) is 0 Å². The summed E-state index contributed by atoms with van der Waals surface area (Å²) in [6, 6.07) is 7.68. The van der Waals surface area contributed by atoms with Gasteiger partial charge < -0.3 is 5.32 Å². The summed E-state index contributed by atoms with van der Waals surface area (Å²) in [6.07, 6.45) is 2.58. The SMILES string of the molecule is Cc1ccc2c(c1)C1CCNC1C2. The Kier molecular flexibility index (Phi) is 1.50. The van der Waals surface area contributed by atoms with Gasteiger partial charge >= 0.3 is 0 Å². The minimum absolute atomic E-state index is 0.747. The van der Waals surface area contributed by atoms with Gasteiger partial charge in [-0.05, 0) is 37.4 Å². The zero-order valence-corrected chi connectivity index (χ0v) is 8.01. The van der Waals surface area contributed by atoms with Gasteiger partial charge in [-0.3, -0.25) is 0 Å². The minimum atomic E-state index is 0.747. The molecule has 1 aromatic carbocycles. The van der Waals surface area contributed by atoms with Crippen LogP contribution in [0.3, 0.4) is 0 Å². The highest BCUT2D eigenvalue weighted by Gasteiger charge is 2.35.